The van der Waals surface area contributed by atoms with Crippen LogP contribution in [0.1, 0.15) is 30.0 Å². The minimum absolute atomic E-state index is 0. The van der Waals surface area contributed by atoms with Crippen molar-refractivity contribution in [3.05, 3.63) is 71.8 Å². The molecule has 0 amide bonds. The molecule has 0 aromatic heterocycles. The maximum Gasteiger partial charge on any atom is 0.121 e. The van der Waals surface area contributed by atoms with Crippen LogP contribution in [0.3, 0.4) is 0 Å². The number of rotatable bonds is 4. The SMILES string of the molecule is CC(c1ccccc1)C(c1ccccc1)[N+](C)(C)C.I.N.[I-]. The average molecular weight is 526 g/mol. The van der Waals surface area contributed by atoms with E-state index in [0.29, 0.717) is 12.0 Å². The Morgan fingerprint density at radius 1 is 0.727 bits per heavy atom. The van der Waals surface area contributed by atoms with Gasteiger partial charge in [0.2, 0.25) is 0 Å². The van der Waals surface area contributed by atoms with Crippen molar-refractivity contribution in [1.82, 2.24) is 6.15 Å². The summed E-state index contributed by atoms with van der Waals surface area (Å²) in [6.45, 7) is 2.33. The van der Waals surface area contributed by atoms with Gasteiger partial charge in [-0.2, -0.15) is 0 Å². The molecule has 2 unspecified atom stereocenters. The summed E-state index contributed by atoms with van der Waals surface area (Å²) in [6.07, 6.45) is 0. The molecule has 2 aromatic rings. The lowest BCUT2D eigenvalue weighted by molar-refractivity contribution is -0.904. The maximum atomic E-state index is 2.33. The third-order valence-corrected chi connectivity index (χ3v) is 3.77. The molecule has 0 saturated heterocycles. The summed E-state index contributed by atoms with van der Waals surface area (Å²) in [7, 11) is 6.82. The molecule has 22 heavy (non-hydrogen) atoms. The van der Waals surface area contributed by atoms with E-state index in [1.807, 2.05) is 0 Å². The van der Waals surface area contributed by atoms with Crippen molar-refractivity contribution < 1.29 is 28.5 Å². The number of benzene rings is 2. The van der Waals surface area contributed by atoms with Crippen molar-refractivity contribution in [3.8, 4) is 0 Å². The van der Waals surface area contributed by atoms with Crippen molar-refractivity contribution in [1.29, 1.82) is 0 Å². The Hall–Kier alpha value is -0.180. The molecular formula is C18H28I2N2. The van der Waals surface area contributed by atoms with Gasteiger partial charge >= 0.3 is 0 Å². The van der Waals surface area contributed by atoms with E-state index in [1.54, 1.807) is 0 Å². The first-order valence-corrected chi connectivity index (χ1v) is 6.91. The van der Waals surface area contributed by atoms with Crippen LogP contribution in [0, 0.1) is 0 Å². The van der Waals surface area contributed by atoms with E-state index in [1.165, 1.54) is 11.1 Å². The zero-order chi connectivity index (χ0) is 13.9. The first-order valence-electron chi connectivity index (χ1n) is 6.91. The minimum atomic E-state index is 0. The highest BCUT2D eigenvalue weighted by Gasteiger charge is 2.32. The molecule has 3 N–H and O–H groups in total. The fourth-order valence-corrected chi connectivity index (χ4v) is 3.00. The van der Waals surface area contributed by atoms with Crippen LogP contribution in [0.15, 0.2) is 60.7 Å². The van der Waals surface area contributed by atoms with Gasteiger partial charge in [0.05, 0.1) is 21.1 Å². The molecule has 0 heterocycles. The summed E-state index contributed by atoms with van der Waals surface area (Å²) in [6, 6.07) is 22.1. The molecule has 4 heteroatoms. The molecule has 2 nitrogen and oxygen atoms in total. The molecule has 0 aliphatic rings. The number of hydrogen-bond acceptors (Lipinski definition) is 1. The van der Waals surface area contributed by atoms with E-state index in [9.17, 15) is 0 Å². The quantitative estimate of drug-likeness (QED) is 0.481. The zero-order valence-corrected chi connectivity index (χ0v) is 18.4. The lowest BCUT2D eigenvalue weighted by atomic mass is 9.87. The first-order chi connectivity index (χ1) is 9.00. The fraction of sp³-hybridized carbons (Fsp3) is 0.333. The van der Waals surface area contributed by atoms with E-state index in [-0.39, 0.29) is 54.1 Å². The highest BCUT2D eigenvalue weighted by Crippen LogP contribution is 2.37. The molecule has 2 atom stereocenters. The molecule has 0 radical (unpaired) electrons. The Labute approximate surface area is 169 Å². The monoisotopic (exact) mass is 526 g/mol. The Bertz CT molecular complexity index is 510. The van der Waals surface area contributed by atoms with Crippen molar-refractivity contribution in [2.45, 2.75) is 18.9 Å². The number of quaternary nitrogens is 1. The van der Waals surface area contributed by atoms with Gasteiger partial charge in [-0.25, -0.2) is 0 Å². The Morgan fingerprint density at radius 3 is 1.45 bits per heavy atom. The van der Waals surface area contributed by atoms with Gasteiger partial charge in [0.15, 0.2) is 0 Å². The number of halogens is 2. The van der Waals surface area contributed by atoms with Crippen LogP contribution < -0.4 is 30.1 Å². The second-order valence-electron chi connectivity index (χ2n) is 6.17. The predicted molar refractivity (Wildman–Crippen MR) is 103 cm³/mol. The highest BCUT2D eigenvalue weighted by atomic mass is 127. The van der Waals surface area contributed by atoms with Gasteiger partial charge in [-0.05, 0) is 5.56 Å². The normalized spacial score (nSPS) is 12.9. The van der Waals surface area contributed by atoms with Gasteiger partial charge in [-0.1, -0.05) is 67.6 Å². The van der Waals surface area contributed by atoms with Gasteiger partial charge in [0.1, 0.15) is 6.04 Å². The molecule has 0 bridgehead atoms. The average Bonchev–Trinajstić information content (AvgIpc) is 2.39. The van der Waals surface area contributed by atoms with Crippen molar-refractivity contribution >= 4 is 24.0 Å². The zero-order valence-electron chi connectivity index (χ0n) is 13.9. The molecule has 0 aliphatic heterocycles. The molecule has 0 fully saturated rings. The smallest absolute Gasteiger partial charge is 0.121 e. The van der Waals surface area contributed by atoms with Crippen LogP contribution in [0.2, 0.25) is 0 Å². The summed E-state index contributed by atoms with van der Waals surface area (Å²) >= 11 is 0. The van der Waals surface area contributed by atoms with Crippen LogP contribution in [0.25, 0.3) is 0 Å². The van der Waals surface area contributed by atoms with Crippen LogP contribution in [-0.2, 0) is 0 Å². The summed E-state index contributed by atoms with van der Waals surface area (Å²) in [5.74, 6) is 0.489. The van der Waals surface area contributed by atoms with Crippen LogP contribution in [0.5, 0.6) is 0 Å². The third-order valence-electron chi connectivity index (χ3n) is 3.77. The standard InChI is InChI=1S/C18H24N.2HI.H3N/c1-15(16-11-7-5-8-12-16)18(19(2,3)4)17-13-9-6-10-14-17;;;/h5-15,18H,1-4H3;2*1H;1H3/q+1;;;/p-1. The molecule has 0 saturated carbocycles. The van der Waals surface area contributed by atoms with E-state index < -0.39 is 0 Å². The van der Waals surface area contributed by atoms with Gasteiger partial charge in [-0.15, -0.1) is 24.0 Å². The summed E-state index contributed by atoms with van der Waals surface area (Å²) in [4.78, 5) is 0. The molecule has 2 rings (SSSR count). The number of hydrogen-bond donors (Lipinski definition) is 1. The van der Waals surface area contributed by atoms with E-state index in [0.717, 1.165) is 4.48 Å². The van der Waals surface area contributed by atoms with E-state index in [4.69, 9.17) is 0 Å². The lowest BCUT2D eigenvalue weighted by Gasteiger charge is -2.38. The van der Waals surface area contributed by atoms with Gasteiger partial charge in [-0.3, -0.25) is 0 Å². The fourth-order valence-electron chi connectivity index (χ4n) is 3.00. The van der Waals surface area contributed by atoms with Crippen LogP contribution in [-0.4, -0.2) is 25.6 Å². The topological polar surface area (TPSA) is 35.0 Å². The Balaban J connectivity index is 0. The van der Waals surface area contributed by atoms with E-state index >= 15 is 0 Å². The predicted octanol–water partition coefficient (Wildman–Crippen LogP) is 2.02. The summed E-state index contributed by atoms with van der Waals surface area (Å²) in [5.41, 5.74) is 2.82. The van der Waals surface area contributed by atoms with Gasteiger partial charge < -0.3 is 34.6 Å². The third kappa shape index (κ3) is 6.14. The largest absolute Gasteiger partial charge is 1.00 e. The number of nitrogens with zero attached hydrogens (tertiary/aromatic N) is 1. The maximum absolute atomic E-state index is 2.33. The van der Waals surface area contributed by atoms with Gasteiger partial charge in [0.25, 0.3) is 0 Å². The molecule has 2 aromatic carbocycles. The first kappa shape index (κ1) is 24.1. The molecule has 0 aliphatic carbocycles. The highest BCUT2D eigenvalue weighted by molar-refractivity contribution is 14.0. The Morgan fingerprint density at radius 2 is 1.09 bits per heavy atom. The molecule has 124 valence electrons. The van der Waals surface area contributed by atoms with E-state index in [2.05, 4.69) is 88.7 Å². The second kappa shape index (κ2) is 10.6. The van der Waals surface area contributed by atoms with Gasteiger partial charge in [0, 0.05) is 11.5 Å². The summed E-state index contributed by atoms with van der Waals surface area (Å²) < 4.78 is 0.931. The van der Waals surface area contributed by atoms with Crippen molar-refractivity contribution in [3.63, 3.8) is 0 Å². The van der Waals surface area contributed by atoms with Crippen molar-refractivity contribution in [2.24, 2.45) is 0 Å². The number of likely N-dealkylation sites (N-methyl/N-ethyl adjacent to an activating group) is 1. The van der Waals surface area contributed by atoms with Crippen molar-refractivity contribution in [2.75, 3.05) is 21.1 Å². The lowest BCUT2D eigenvalue weighted by Crippen LogP contribution is -3.00. The van der Waals surface area contributed by atoms with Crippen LogP contribution >= 0.6 is 24.0 Å². The Kier molecular flexibility index (Phi) is 11.6. The molecular weight excluding hydrogens is 498 g/mol. The summed E-state index contributed by atoms with van der Waals surface area (Å²) in [5, 5.41) is 0. The van der Waals surface area contributed by atoms with Crippen LogP contribution in [0.4, 0.5) is 0 Å². The second-order valence-corrected chi connectivity index (χ2v) is 6.17. The minimum Gasteiger partial charge on any atom is -1.00 e. The molecule has 0 spiro atoms.